The fourth-order valence-electron chi connectivity index (χ4n) is 2.96. The molecule has 0 aliphatic carbocycles. The van der Waals surface area contributed by atoms with E-state index < -0.39 is 36.1 Å². The minimum absolute atomic E-state index is 0.0174. The van der Waals surface area contributed by atoms with Crippen molar-refractivity contribution in [2.45, 2.75) is 39.5 Å². The number of benzene rings is 1. The Kier molecular flexibility index (Phi) is 8.02. The third kappa shape index (κ3) is 6.93. The molecule has 1 heterocycles. The molecule has 2 rings (SSSR count). The van der Waals surface area contributed by atoms with Crippen molar-refractivity contribution < 1.29 is 32.6 Å². The predicted molar refractivity (Wildman–Crippen MR) is 107 cm³/mol. The van der Waals surface area contributed by atoms with Gasteiger partial charge in [0.05, 0.1) is 25.3 Å². The molecule has 0 aliphatic heterocycles. The first-order valence-corrected chi connectivity index (χ1v) is 9.73. The Morgan fingerprint density at radius 1 is 1.23 bits per heavy atom. The standard InChI is InChI=1S/C20H27F3N4O4/c1-19(2,3)16(18(30)24-8-10-28)25-17(29)15-13-6-4-5-7-14(13)27(26-15)9-11-31-12-20(21,22)23/h4-7,16,28H,8-12H2,1-3H3,(H,24,30)(H,25,29). The van der Waals surface area contributed by atoms with Gasteiger partial charge in [0.2, 0.25) is 5.91 Å². The first kappa shape index (κ1) is 24.6. The Morgan fingerprint density at radius 2 is 1.90 bits per heavy atom. The van der Waals surface area contributed by atoms with Crippen LogP contribution >= 0.6 is 0 Å². The molecule has 0 bridgehead atoms. The molecule has 2 aromatic rings. The third-order valence-corrected chi connectivity index (χ3v) is 4.40. The maximum atomic E-state index is 13.0. The highest BCUT2D eigenvalue weighted by Crippen LogP contribution is 2.22. The molecule has 0 aliphatic rings. The van der Waals surface area contributed by atoms with E-state index in [1.54, 1.807) is 45.0 Å². The zero-order valence-corrected chi connectivity index (χ0v) is 17.6. The summed E-state index contributed by atoms with van der Waals surface area (Å²) >= 11 is 0. The third-order valence-electron chi connectivity index (χ3n) is 4.40. The molecule has 1 atom stereocenters. The number of halogens is 3. The van der Waals surface area contributed by atoms with Crippen LogP contribution in [0.2, 0.25) is 0 Å². The van der Waals surface area contributed by atoms with Crippen molar-refractivity contribution in [2.24, 2.45) is 5.41 Å². The summed E-state index contributed by atoms with van der Waals surface area (Å²) in [5, 5.41) is 18.9. The van der Waals surface area contributed by atoms with E-state index in [1.165, 1.54) is 4.68 Å². The Morgan fingerprint density at radius 3 is 2.52 bits per heavy atom. The topological polar surface area (TPSA) is 105 Å². The zero-order valence-electron chi connectivity index (χ0n) is 17.6. The van der Waals surface area contributed by atoms with Gasteiger partial charge < -0.3 is 20.5 Å². The Bertz CT molecular complexity index is 906. The Hall–Kier alpha value is -2.66. The molecule has 31 heavy (non-hydrogen) atoms. The Balaban J connectivity index is 2.22. The molecule has 11 heteroatoms. The van der Waals surface area contributed by atoms with Crippen molar-refractivity contribution in [3.8, 4) is 0 Å². The van der Waals surface area contributed by atoms with Crippen molar-refractivity contribution in [3.05, 3.63) is 30.0 Å². The number of nitrogens with zero attached hydrogens (tertiary/aromatic N) is 2. The van der Waals surface area contributed by atoms with Crippen LogP contribution in [0.15, 0.2) is 24.3 Å². The number of hydrogen-bond donors (Lipinski definition) is 3. The quantitative estimate of drug-likeness (QED) is 0.512. The van der Waals surface area contributed by atoms with Gasteiger partial charge in [0.25, 0.3) is 5.91 Å². The average Bonchev–Trinajstić information content (AvgIpc) is 3.04. The lowest BCUT2D eigenvalue weighted by atomic mass is 9.86. The SMILES string of the molecule is CC(C)(C)C(NC(=O)c1nn(CCOCC(F)(F)F)c2ccccc12)C(=O)NCCO. The molecule has 1 unspecified atom stereocenters. The second-order valence-corrected chi connectivity index (χ2v) is 8.04. The number of nitrogens with one attached hydrogen (secondary N) is 2. The number of aromatic nitrogens is 2. The highest BCUT2D eigenvalue weighted by molar-refractivity contribution is 6.06. The van der Waals surface area contributed by atoms with Crippen LogP contribution in [0.4, 0.5) is 13.2 Å². The van der Waals surface area contributed by atoms with Crippen LogP contribution in [0.1, 0.15) is 31.3 Å². The van der Waals surface area contributed by atoms with Crippen LogP contribution in [-0.2, 0) is 16.1 Å². The zero-order chi connectivity index (χ0) is 23.2. The second kappa shape index (κ2) is 10.1. The van der Waals surface area contributed by atoms with Gasteiger partial charge in [-0.05, 0) is 11.5 Å². The number of alkyl halides is 3. The van der Waals surface area contributed by atoms with Crippen molar-refractivity contribution in [1.82, 2.24) is 20.4 Å². The van der Waals surface area contributed by atoms with E-state index in [0.29, 0.717) is 10.9 Å². The molecule has 3 N–H and O–H groups in total. The minimum atomic E-state index is -4.42. The fourth-order valence-corrected chi connectivity index (χ4v) is 2.96. The van der Waals surface area contributed by atoms with Crippen LogP contribution in [0.3, 0.4) is 0 Å². The number of carbonyl (C=O) groups is 2. The van der Waals surface area contributed by atoms with E-state index in [4.69, 9.17) is 5.11 Å². The first-order chi connectivity index (χ1) is 14.4. The number of aliphatic hydroxyl groups is 1. The van der Waals surface area contributed by atoms with Crippen LogP contribution in [-0.4, -0.2) is 65.3 Å². The molecule has 0 fully saturated rings. The lowest BCUT2D eigenvalue weighted by Crippen LogP contribution is -2.54. The van der Waals surface area contributed by atoms with Gasteiger partial charge in [0.15, 0.2) is 5.69 Å². The fraction of sp³-hybridized carbons (Fsp3) is 0.550. The molecule has 0 radical (unpaired) electrons. The van der Waals surface area contributed by atoms with Crippen LogP contribution < -0.4 is 10.6 Å². The summed E-state index contributed by atoms with van der Waals surface area (Å²) < 4.78 is 42.8. The number of hydrogen-bond acceptors (Lipinski definition) is 5. The van der Waals surface area contributed by atoms with Gasteiger partial charge in [0.1, 0.15) is 12.6 Å². The largest absolute Gasteiger partial charge is 0.411 e. The average molecular weight is 444 g/mol. The summed E-state index contributed by atoms with van der Waals surface area (Å²) in [4.78, 5) is 25.4. The van der Waals surface area contributed by atoms with Gasteiger partial charge in [-0.25, -0.2) is 0 Å². The molecule has 1 aromatic carbocycles. The van der Waals surface area contributed by atoms with Gasteiger partial charge in [-0.15, -0.1) is 0 Å². The lowest BCUT2D eigenvalue weighted by Gasteiger charge is -2.30. The highest BCUT2D eigenvalue weighted by Gasteiger charge is 2.34. The summed E-state index contributed by atoms with van der Waals surface area (Å²) in [7, 11) is 0. The predicted octanol–water partition coefficient (Wildman–Crippen LogP) is 1.87. The number of aliphatic hydroxyl groups excluding tert-OH is 1. The van der Waals surface area contributed by atoms with E-state index in [-0.39, 0.29) is 32.0 Å². The van der Waals surface area contributed by atoms with Gasteiger partial charge in [-0.1, -0.05) is 39.0 Å². The van der Waals surface area contributed by atoms with E-state index in [1.807, 2.05) is 0 Å². The molecule has 0 saturated heterocycles. The second-order valence-electron chi connectivity index (χ2n) is 8.04. The van der Waals surface area contributed by atoms with Gasteiger partial charge >= 0.3 is 6.18 Å². The number of amides is 2. The van der Waals surface area contributed by atoms with Crippen LogP contribution in [0.25, 0.3) is 10.9 Å². The van der Waals surface area contributed by atoms with Crippen molar-refractivity contribution in [2.75, 3.05) is 26.4 Å². The van der Waals surface area contributed by atoms with Gasteiger partial charge in [-0.2, -0.15) is 18.3 Å². The summed E-state index contributed by atoms with van der Waals surface area (Å²) in [6.07, 6.45) is -4.42. The Labute approximate surface area is 177 Å². The van der Waals surface area contributed by atoms with Crippen molar-refractivity contribution in [1.29, 1.82) is 0 Å². The van der Waals surface area contributed by atoms with Gasteiger partial charge in [0, 0.05) is 11.9 Å². The summed E-state index contributed by atoms with van der Waals surface area (Å²) in [5.41, 5.74) is -0.0186. The number of ether oxygens (including phenoxy) is 1. The van der Waals surface area contributed by atoms with Crippen molar-refractivity contribution >= 4 is 22.7 Å². The maximum absolute atomic E-state index is 13.0. The van der Waals surface area contributed by atoms with E-state index in [0.717, 1.165) is 0 Å². The number of fused-ring (bicyclic) bond motifs is 1. The number of para-hydroxylation sites is 1. The molecule has 2 amide bonds. The van der Waals surface area contributed by atoms with E-state index in [9.17, 15) is 22.8 Å². The molecular formula is C20H27F3N4O4. The van der Waals surface area contributed by atoms with Crippen molar-refractivity contribution in [3.63, 3.8) is 0 Å². The first-order valence-electron chi connectivity index (χ1n) is 9.73. The maximum Gasteiger partial charge on any atom is 0.411 e. The van der Waals surface area contributed by atoms with Gasteiger partial charge in [-0.3, -0.25) is 14.3 Å². The molecule has 8 nitrogen and oxygen atoms in total. The summed E-state index contributed by atoms with van der Waals surface area (Å²) in [6, 6.07) is 5.89. The smallest absolute Gasteiger partial charge is 0.395 e. The molecule has 1 aromatic heterocycles. The highest BCUT2D eigenvalue weighted by atomic mass is 19.4. The number of rotatable bonds is 9. The molecule has 0 saturated carbocycles. The number of carbonyl (C=O) groups excluding carboxylic acids is 2. The summed E-state index contributed by atoms with van der Waals surface area (Å²) in [6.45, 7) is 3.58. The summed E-state index contributed by atoms with van der Waals surface area (Å²) in [5.74, 6) is -1.04. The molecule has 172 valence electrons. The normalized spacial score (nSPS) is 13.3. The van der Waals surface area contributed by atoms with Crippen LogP contribution in [0.5, 0.6) is 0 Å². The van der Waals surface area contributed by atoms with E-state index in [2.05, 4.69) is 20.5 Å². The molecular weight excluding hydrogens is 417 g/mol. The monoisotopic (exact) mass is 444 g/mol. The minimum Gasteiger partial charge on any atom is -0.395 e. The van der Waals surface area contributed by atoms with Crippen LogP contribution in [0, 0.1) is 5.41 Å². The van der Waals surface area contributed by atoms with E-state index >= 15 is 0 Å². The molecule has 0 spiro atoms. The lowest BCUT2D eigenvalue weighted by molar-refractivity contribution is -0.174.